The van der Waals surface area contributed by atoms with Gasteiger partial charge in [-0.25, -0.2) is 9.07 Å². The molecular weight excluding hydrogens is 389 g/mol. The number of halogens is 1. The first-order valence-corrected chi connectivity index (χ1v) is 9.71. The lowest BCUT2D eigenvalue weighted by molar-refractivity contribution is -0.122. The standard InChI is InChI=1S/C21H22FN5O3/c22-16-3-5-17(6-4-16)25-9-11-26(12-10-25)19-7-8-21(29)27(24-19)15-20(28)23-14-18-2-1-13-30-18/h1-8,13H,9-12,14-15H2,(H,23,28). The highest BCUT2D eigenvalue weighted by atomic mass is 19.1. The number of benzene rings is 1. The summed E-state index contributed by atoms with van der Waals surface area (Å²) in [6.07, 6.45) is 1.53. The molecule has 156 valence electrons. The van der Waals surface area contributed by atoms with Gasteiger partial charge in [0.15, 0.2) is 0 Å². The number of aromatic nitrogens is 2. The molecule has 9 heteroatoms. The molecule has 0 bridgehead atoms. The highest BCUT2D eigenvalue weighted by molar-refractivity contribution is 5.75. The molecule has 8 nitrogen and oxygen atoms in total. The van der Waals surface area contributed by atoms with Crippen molar-refractivity contribution in [3.8, 4) is 0 Å². The Morgan fingerprint density at radius 3 is 2.47 bits per heavy atom. The lowest BCUT2D eigenvalue weighted by Gasteiger charge is -2.36. The first-order valence-electron chi connectivity index (χ1n) is 9.71. The van der Waals surface area contributed by atoms with Crippen molar-refractivity contribution in [3.63, 3.8) is 0 Å². The van der Waals surface area contributed by atoms with Crippen molar-refractivity contribution < 1.29 is 13.6 Å². The maximum absolute atomic E-state index is 13.1. The molecule has 0 atom stereocenters. The van der Waals surface area contributed by atoms with Crippen LogP contribution < -0.4 is 20.7 Å². The third-order valence-corrected chi connectivity index (χ3v) is 4.98. The summed E-state index contributed by atoms with van der Waals surface area (Å²) >= 11 is 0. The minimum atomic E-state index is -0.336. The van der Waals surface area contributed by atoms with Crippen LogP contribution in [-0.2, 0) is 17.9 Å². The van der Waals surface area contributed by atoms with Gasteiger partial charge in [-0.05, 0) is 42.5 Å². The van der Waals surface area contributed by atoms with Crippen LogP contribution in [0.4, 0.5) is 15.9 Å². The molecule has 3 heterocycles. The van der Waals surface area contributed by atoms with E-state index in [-0.39, 0.29) is 30.4 Å². The molecule has 0 spiro atoms. The van der Waals surface area contributed by atoms with Gasteiger partial charge < -0.3 is 19.5 Å². The van der Waals surface area contributed by atoms with Crippen molar-refractivity contribution in [2.24, 2.45) is 0 Å². The lowest BCUT2D eigenvalue weighted by Crippen LogP contribution is -2.47. The van der Waals surface area contributed by atoms with E-state index in [9.17, 15) is 14.0 Å². The van der Waals surface area contributed by atoms with Crippen LogP contribution in [0.25, 0.3) is 0 Å². The number of anilines is 2. The summed E-state index contributed by atoms with van der Waals surface area (Å²) < 4.78 is 19.5. The van der Waals surface area contributed by atoms with Crippen LogP contribution in [0.15, 0.2) is 64.0 Å². The molecule has 1 amide bonds. The Bertz CT molecular complexity index is 1040. The maximum atomic E-state index is 13.1. The molecule has 1 fully saturated rings. The first kappa shape index (κ1) is 19.7. The van der Waals surface area contributed by atoms with Crippen molar-refractivity contribution in [1.82, 2.24) is 15.1 Å². The average Bonchev–Trinajstić information content (AvgIpc) is 3.28. The van der Waals surface area contributed by atoms with E-state index < -0.39 is 0 Å². The van der Waals surface area contributed by atoms with Gasteiger partial charge in [0.25, 0.3) is 5.56 Å². The van der Waals surface area contributed by atoms with Crippen molar-refractivity contribution in [3.05, 3.63) is 76.7 Å². The van der Waals surface area contributed by atoms with E-state index in [4.69, 9.17) is 4.42 Å². The second-order valence-electron chi connectivity index (χ2n) is 6.99. The molecule has 0 saturated carbocycles. The molecule has 1 saturated heterocycles. The molecule has 4 rings (SSSR count). The SMILES string of the molecule is O=C(Cn1nc(N2CCN(c3ccc(F)cc3)CC2)ccc1=O)NCc1ccco1. The Balaban J connectivity index is 1.36. The van der Waals surface area contributed by atoms with E-state index in [1.54, 1.807) is 30.3 Å². The van der Waals surface area contributed by atoms with Gasteiger partial charge in [-0.2, -0.15) is 5.10 Å². The van der Waals surface area contributed by atoms with Crippen LogP contribution >= 0.6 is 0 Å². The van der Waals surface area contributed by atoms with E-state index in [0.29, 0.717) is 24.7 Å². The summed E-state index contributed by atoms with van der Waals surface area (Å²) in [6.45, 7) is 2.99. The summed E-state index contributed by atoms with van der Waals surface area (Å²) in [5.41, 5.74) is 0.638. The molecule has 0 radical (unpaired) electrons. The van der Waals surface area contributed by atoms with Crippen molar-refractivity contribution in [2.75, 3.05) is 36.0 Å². The number of piperazine rings is 1. The van der Waals surface area contributed by atoms with Crippen LogP contribution in [0.1, 0.15) is 5.76 Å². The summed E-state index contributed by atoms with van der Waals surface area (Å²) in [5.74, 6) is 0.708. The number of carbonyl (C=O) groups is 1. The number of hydrogen-bond acceptors (Lipinski definition) is 6. The Labute approximate surface area is 172 Å². The fourth-order valence-corrected chi connectivity index (χ4v) is 3.36. The predicted octanol–water partition coefficient (Wildman–Crippen LogP) is 1.62. The number of nitrogens with one attached hydrogen (secondary N) is 1. The van der Waals surface area contributed by atoms with Gasteiger partial charge >= 0.3 is 0 Å². The normalized spacial score (nSPS) is 14.0. The number of rotatable bonds is 6. The number of nitrogens with zero attached hydrogens (tertiary/aromatic N) is 4. The van der Waals surface area contributed by atoms with E-state index >= 15 is 0 Å². The van der Waals surface area contributed by atoms with Gasteiger partial charge in [-0.15, -0.1) is 0 Å². The van der Waals surface area contributed by atoms with Crippen LogP contribution in [0.5, 0.6) is 0 Å². The van der Waals surface area contributed by atoms with Gasteiger partial charge in [-0.3, -0.25) is 9.59 Å². The van der Waals surface area contributed by atoms with Crippen molar-refractivity contribution in [2.45, 2.75) is 13.1 Å². The molecule has 0 unspecified atom stereocenters. The number of hydrogen-bond donors (Lipinski definition) is 1. The summed E-state index contributed by atoms with van der Waals surface area (Å²) in [6, 6.07) is 13.0. The number of amides is 1. The van der Waals surface area contributed by atoms with Crippen LogP contribution in [0, 0.1) is 5.82 Å². The highest BCUT2D eigenvalue weighted by Crippen LogP contribution is 2.19. The molecule has 1 aromatic carbocycles. The minimum Gasteiger partial charge on any atom is -0.467 e. The second-order valence-corrected chi connectivity index (χ2v) is 6.99. The summed E-state index contributed by atoms with van der Waals surface area (Å²) in [5, 5.41) is 7.08. The van der Waals surface area contributed by atoms with Crippen molar-refractivity contribution >= 4 is 17.4 Å². The zero-order valence-electron chi connectivity index (χ0n) is 16.3. The average molecular weight is 411 g/mol. The van der Waals surface area contributed by atoms with E-state index in [2.05, 4.69) is 20.2 Å². The molecule has 0 aliphatic carbocycles. The molecule has 2 aromatic heterocycles. The predicted molar refractivity (Wildman–Crippen MR) is 110 cm³/mol. The van der Waals surface area contributed by atoms with Gasteiger partial charge in [0.1, 0.15) is 23.9 Å². The molecular formula is C21H22FN5O3. The first-order chi connectivity index (χ1) is 14.6. The smallest absolute Gasteiger partial charge is 0.267 e. The monoisotopic (exact) mass is 411 g/mol. The molecule has 1 aliphatic rings. The van der Waals surface area contributed by atoms with E-state index in [0.717, 1.165) is 18.8 Å². The third-order valence-electron chi connectivity index (χ3n) is 4.98. The minimum absolute atomic E-state index is 0.164. The van der Waals surface area contributed by atoms with Gasteiger partial charge in [0.05, 0.1) is 12.8 Å². The zero-order chi connectivity index (χ0) is 20.9. The Hall–Kier alpha value is -3.62. The van der Waals surface area contributed by atoms with Crippen LogP contribution in [0.2, 0.25) is 0 Å². The fourth-order valence-electron chi connectivity index (χ4n) is 3.36. The number of carbonyl (C=O) groups excluding carboxylic acids is 1. The van der Waals surface area contributed by atoms with Crippen LogP contribution in [-0.4, -0.2) is 41.9 Å². The van der Waals surface area contributed by atoms with Gasteiger partial charge in [-0.1, -0.05) is 0 Å². The van der Waals surface area contributed by atoms with Gasteiger partial charge in [0, 0.05) is 37.9 Å². The zero-order valence-corrected chi connectivity index (χ0v) is 16.3. The Morgan fingerprint density at radius 1 is 1.03 bits per heavy atom. The summed E-state index contributed by atoms with van der Waals surface area (Å²) in [7, 11) is 0. The van der Waals surface area contributed by atoms with E-state index in [1.807, 2.05) is 0 Å². The molecule has 3 aromatic rings. The Kier molecular flexibility index (Phi) is 5.78. The maximum Gasteiger partial charge on any atom is 0.267 e. The van der Waals surface area contributed by atoms with Crippen molar-refractivity contribution in [1.29, 1.82) is 0 Å². The van der Waals surface area contributed by atoms with Crippen LogP contribution in [0.3, 0.4) is 0 Å². The second kappa shape index (κ2) is 8.81. The molecule has 1 aliphatic heterocycles. The van der Waals surface area contributed by atoms with Gasteiger partial charge in [0.2, 0.25) is 5.91 Å². The fraction of sp³-hybridized carbons (Fsp3) is 0.286. The topological polar surface area (TPSA) is 83.6 Å². The third kappa shape index (κ3) is 4.68. The van der Waals surface area contributed by atoms with E-state index in [1.165, 1.54) is 29.1 Å². The summed E-state index contributed by atoms with van der Waals surface area (Å²) in [4.78, 5) is 28.5. The quantitative estimate of drug-likeness (QED) is 0.664. The Morgan fingerprint density at radius 2 is 1.77 bits per heavy atom. The molecule has 30 heavy (non-hydrogen) atoms. The number of furan rings is 1. The highest BCUT2D eigenvalue weighted by Gasteiger charge is 2.19. The lowest BCUT2D eigenvalue weighted by atomic mass is 10.2. The largest absolute Gasteiger partial charge is 0.467 e. The molecule has 1 N–H and O–H groups in total.